The molecule has 2 rings (SSSR count). The molecule has 2 unspecified atom stereocenters. The molecule has 68 valence electrons. The molecule has 2 aliphatic carbocycles. The maximum Gasteiger partial charge on any atom is 0.309 e. The minimum Gasteiger partial charge on any atom is -0.481 e. The summed E-state index contributed by atoms with van der Waals surface area (Å²) in [5.41, 5.74) is -0.393. The van der Waals surface area contributed by atoms with E-state index in [0.717, 1.165) is 24.7 Å². The van der Waals surface area contributed by atoms with Gasteiger partial charge in [-0.2, -0.15) is 0 Å². The summed E-state index contributed by atoms with van der Waals surface area (Å²) in [6.07, 6.45) is 5.71. The predicted octanol–water partition coefficient (Wildman–Crippen LogP) is 2.29. The minimum absolute atomic E-state index is 0.393. The SMILES string of the molecule is CC1(C(=O)O)CC2CCCC2C1. The Morgan fingerprint density at radius 2 is 1.83 bits per heavy atom. The predicted molar refractivity (Wildman–Crippen MR) is 45.8 cm³/mol. The van der Waals surface area contributed by atoms with E-state index in [1.165, 1.54) is 19.3 Å². The Balaban J connectivity index is 2.11. The molecule has 12 heavy (non-hydrogen) atoms. The molecule has 0 aromatic heterocycles. The maximum atomic E-state index is 11.0. The van der Waals surface area contributed by atoms with E-state index in [2.05, 4.69) is 0 Å². The highest BCUT2D eigenvalue weighted by molar-refractivity contribution is 5.74. The van der Waals surface area contributed by atoms with Crippen LogP contribution in [0.1, 0.15) is 39.0 Å². The smallest absolute Gasteiger partial charge is 0.309 e. The van der Waals surface area contributed by atoms with E-state index in [4.69, 9.17) is 5.11 Å². The average Bonchev–Trinajstić information content (AvgIpc) is 2.44. The molecule has 0 bridgehead atoms. The Labute approximate surface area is 73.0 Å². The molecule has 2 saturated carbocycles. The van der Waals surface area contributed by atoms with E-state index in [9.17, 15) is 4.79 Å². The van der Waals surface area contributed by atoms with Crippen LogP contribution in [0.15, 0.2) is 0 Å². The molecule has 0 aliphatic heterocycles. The number of carboxylic acids is 1. The fourth-order valence-electron chi connectivity index (χ4n) is 3.07. The van der Waals surface area contributed by atoms with Gasteiger partial charge in [0, 0.05) is 0 Å². The Bertz CT molecular complexity index is 198. The first-order valence-corrected chi connectivity index (χ1v) is 4.85. The van der Waals surface area contributed by atoms with E-state index < -0.39 is 11.4 Å². The van der Waals surface area contributed by atoms with Gasteiger partial charge in [-0.1, -0.05) is 19.3 Å². The van der Waals surface area contributed by atoms with Crippen molar-refractivity contribution in [2.45, 2.75) is 39.0 Å². The number of rotatable bonds is 1. The van der Waals surface area contributed by atoms with E-state index in [1.807, 2.05) is 6.92 Å². The lowest BCUT2D eigenvalue weighted by atomic mass is 9.86. The fourth-order valence-corrected chi connectivity index (χ4v) is 3.07. The monoisotopic (exact) mass is 168 g/mol. The van der Waals surface area contributed by atoms with Crippen LogP contribution in [0.4, 0.5) is 0 Å². The van der Waals surface area contributed by atoms with Crippen molar-refractivity contribution in [2.24, 2.45) is 17.3 Å². The van der Waals surface area contributed by atoms with Gasteiger partial charge in [0.1, 0.15) is 0 Å². The molecular formula is C10H16O2. The summed E-state index contributed by atoms with van der Waals surface area (Å²) in [4.78, 5) is 11.0. The van der Waals surface area contributed by atoms with E-state index in [-0.39, 0.29) is 0 Å². The zero-order valence-corrected chi connectivity index (χ0v) is 7.55. The maximum absolute atomic E-state index is 11.0. The first-order chi connectivity index (χ1) is 5.62. The molecule has 0 radical (unpaired) electrons. The van der Waals surface area contributed by atoms with Gasteiger partial charge in [0.15, 0.2) is 0 Å². The van der Waals surface area contributed by atoms with Gasteiger partial charge < -0.3 is 5.11 Å². The zero-order valence-electron chi connectivity index (χ0n) is 7.55. The Morgan fingerprint density at radius 1 is 1.33 bits per heavy atom. The summed E-state index contributed by atoms with van der Waals surface area (Å²) in [6, 6.07) is 0. The fraction of sp³-hybridized carbons (Fsp3) is 0.900. The molecule has 0 amide bonds. The number of fused-ring (bicyclic) bond motifs is 1. The molecule has 0 aromatic rings. The quantitative estimate of drug-likeness (QED) is 0.652. The van der Waals surface area contributed by atoms with Gasteiger partial charge in [-0.3, -0.25) is 4.79 Å². The van der Waals surface area contributed by atoms with E-state index >= 15 is 0 Å². The zero-order chi connectivity index (χ0) is 8.77. The van der Waals surface area contributed by atoms with Crippen molar-refractivity contribution in [3.05, 3.63) is 0 Å². The van der Waals surface area contributed by atoms with Crippen LogP contribution in [0.3, 0.4) is 0 Å². The van der Waals surface area contributed by atoms with Crippen molar-refractivity contribution in [1.29, 1.82) is 0 Å². The van der Waals surface area contributed by atoms with Crippen LogP contribution in [0.5, 0.6) is 0 Å². The van der Waals surface area contributed by atoms with Gasteiger partial charge in [0.25, 0.3) is 0 Å². The Hall–Kier alpha value is -0.530. The van der Waals surface area contributed by atoms with Crippen molar-refractivity contribution in [3.8, 4) is 0 Å². The molecule has 1 N–H and O–H groups in total. The summed E-state index contributed by atoms with van der Waals surface area (Å²) < 4.78 is 0. The third-order valence-electron chi connectivity index (χ3n) is 3.76. The molecule has 2 fully saturated rings. The third kappa shape index (κ3) is 1.05. The van der Waals surface area contributed by atoms with Crippen LogP contribution in [0.2, 0.25) is 0 Å². The lowest BCUT2D eigenvalue weighted by Gasteiger charge is -2.18. The third-order valence-corrected chi connectivity index (χ3v) is 3.76. The lowest BCUT2D eigenvalue weighted by Crippen LogP contribution is -2.24. The number of hydrogen-bond donors (Lipinski definition) is 1. The van der Waals surface area contributed by atoms with Gasteiger partial charge in [0.05, 0.1) is 5.41 Å². The molecule has 2 nitrogen and oxygen atoms in total. The van der Waals surface area contributed by atoms with Gasteiger partial charge in [0.2, 0.25) is 0 Å². The second kappa shape index (κ2) is 2.48. The molecule has 2 aliphatic rings. The largest absolute Gasteiger partial charge is 0.481 e. The lowest BCUT2D eigenvalue weighted by molar-refractivity contribution is -0.147. The first-order valence-electron chi connectivity index (χ1n) is 4.85. The van der Waals surface area contributed by atoms with Crippen molar-refractivity contribution >= 4 is 5.97 Å². The highest BCUT2D eigenvalue weighted by Crippen LogP contribution is 2.52. The second-order valence-corrected chi connectivity index (χ2v) is 4.73. The average molecular weight is 168 g/mol. The van der Waals surface area contributed by atoms with Crippen molar-refractivity contribution < 1.29 is 9.90 Å². The molecule has 0 saturated heterocycles. The first kappa shape index (κ1) is 8.09. The topological polar surface area (TPSA) is 37.3 Å². The minimum atomic E-state index is -0.586. The van der Waals surface area contributed by atoms with Gasteiger partial charge in [-0.05, 0) is 31.6 Å². The summed E-state index contributed by atoms with van der Waals surface area (Å²) >= 11 is 0. The highest BCUT2D eigenvalue weighted by Gasteiger charge is 2.48. The molecule has 0 heterocycles. The number of hydrogen-bond acceptors (Lipinski definition) is 1. The van der Waals surface area contributed by atoms with Crippen LogP contribution >= 0.6 is 0 Å². The van der Waals surface area contributed by atoms with Crippen molar-refractivity contribution in [2.75, 3.05) is 0 Å². The second-order valence-electron chi connectivity index (χ2n) is 4.73. The van der Waals surface area contributed by atoms with Gasteiger partial charge in [-0.25, -0.2) is 0 Å². The van der Waals surface area contributed by atoms with Crippen molar-refractivity contribution in [1.82, 2.24) is 0 Å². The van der Waals surface area contributed by atoms with Crippen molar-refractivity contribution in [3.63, 3.8) is 0 Å². The Kier molecular flexibility index (Phi) is 1.67. The van der Waals surface area contributed by atoms with E-state index in [1.54, 1.807) is 0 Å². The summed E-state index contributed by atoms with van der Waals surface area (Å²) in [6.45, 7) is 1.91. The molecule has 0 aromatic carbocycles. The number of aliphatic carboxylic acids is 1. The van der Waals surface area contributed by atoms with Crippen LogP contribution in [0, 0.1) is 17.3 Å². The van der Waals surface area contributed by atoms with Gasteiger partial charge >= 0.3 is 5.97 Å². The van der Waals surface area contributed by atoms with Gasteiger partial charge in [-0.15, -0.1) is 0 Å². The van der Waals surface area contributed by atoms with Crippen LogP contribution < -0.4 is 0 Å². The molecular weight excluding hydrogens is 152 g/mol. The van der Waals surface area contributed by atoms with Crippen LogP contribution in [-0.2, 0) is 4.79 Å². The van der Waals surface area contributed by atoms with E-state index in [0.29, 0.717) is 0 Å². The normalized spacial score (nSPS) is 46.1. The Morgan fingerprint density at radius 3 is 2.25 bits per heavy atom. The highest BCUT2D eigenvalue weighted by atomic mass is 16.4. The summed E-state index contributed by atoms with van der Waals surface area (Å²) in [5, 5.41) is 9.03. The van der Waals surface area contributed by atoms with Crippen LogP contribution in [-0.4, -0.2) is 11.1 Å². The van der Waals surface area contributed by atoms with Crippen LogP contribution in [0.25, 0.3) is 0 Å². The molecule has 0 spiro atoms. The molecule has 2 atom stereocenters. The number of carboxylic acid groups (broad SMARTS) is 1. The standard InChI is InChI=1S/C10H16O2/c1-10(9(11)12)5-7-3-2-4-8(7)6-10/h7-8H,2-6H2,1H3,(H,11,12). The molecule has 2 heteroatoms. The number of carbonyl (C=O) groups is 1. The summed E-state index contributed by atoms with van der Waals surface area (Å²) in [5.74, 6) is 0.870. The summed E-state index contributed by atoms with van der Waals surface area (Å²) in [7, 11) is 0.